The number of para-hydroxylation sites is 1. The zero-order valence-electron chi connectivity index (χ0n) is 14.8. The molecule has 0 spiro atoms. The molecule has 0 radical (unpaired) electrons. The summed E-state index contributed by atoms with van der Waals surface area (Å²) in [5.41, 5.74) is 3.39. The van der Waals surface area contributed by atoms with Crippen LogP contribution in [0.15, 0.2) is 65.7 Å². The molecule has 0 amide bonds. The minimum absolute atomic E-state index is 0.0922. The van der Waals surface area contributed by atoms with E-state index in [9.17, 15) is 8.42 Å². The highest BCUT2D eigenvalue weighted by atomic mass is 32.2. The van der Waals surface area contributed by atoms with Gasteiger partial charge in [-0.1, -0.05) is 18.2 Å². The first-order chi connectivity index (χ1) is 13.6. The Morgan fingerprint density at radius 2 is 1.86 bits per heavy atom. The molecule has 1 aromatic heterocycles. The lowest BCUT2D eigenvalue weighted by atomic mass is 10.2. The van der Waals surface area contributed by atoms with E-state index in [0.717, 1.165) is 24.3 Å². The van der Waals surface area contributed by atoms with E-state index >= 15 is 0 Å². The Labute approximate surface area is 162 Å². The third kappa shape index (κ3) is 2.91. The number of nitrogens with zero attached hydrogens (tertiary/aromatic N) is 2. The van der Waals surface area contributed by atoms with Gasteiger partial charge in [-0.3, -0.25) is 4.72 Å². The molecule has 0 atom stereocenters. The summed E-state index contributed by atoms with van der Waals surface area (Å²) in [5.74, 6) is 1.21. The van der Waals surface area contributed by atoms with Crippen LogP contribution >= 0.6 is 0 Å². The van der Waals surface area contributed by atoms with Crippen molar-refractivity contribution >= 4 is 27.2 Å². The number of pyridine rings is 1. The van der Waals surface area contributed by atoms with E-state index in [2.05, 4.69) is 26.7 Å². The number of fused-ring (bicyclic) bond motifs is 2. The van der Waals surface area contributed by atoms with Gasteiger partial charge in [0.05, 0.1) is 16.8 Å². The molecule has 3 heterocycles. The highest BCUT2D eigenvalue weighted by Gasteiger charge is 2.22. The maximum Gasteiger partial charge on any atom is 0.263 e. The summed E-state index contributed by atoms with van der Waals surface area (Å²) < 4.78 is 38.3. The number of sulfonamides is 1. The predicted molar refractivity (Wildman–Crippen MR) is 105 cm³/mol. The summed E-state index contributed by atoms with van der Waals surface area (Å²) in [4.78, 5) is 6.56. The van der Waals surface area contributed by atoms with Gasteiger partial charge in [-0.25, -0.2) is 13.4 Å². The summed E-state index contributed by atoms with van der Waals surface area (Å²) in [6, 6.07) is 16.3. The van der Waals surface area contributed by atoms with Crippen molar-refractivity contribution in [2.24, 2.45) is 0 Å². The van der Waals surface area contributed by atoms with E-state index in [0.29, 0.717) is 11.5 Å². The minimum Gasteiger partial charge on any atom is -0.454 e. The van der Waals surface area contributed by atoms with Gasteiger partial charge < -0.3 is 14.4 Å². The van der Waals surface area contributed by atoms with E-state index in [1.807, 2.05) is 18.2 Å². The zero-order valence-corrected chi connectivity index (χ0v) is 15.6. The van der Waals surface area contributed by atoms with E-state index in [4.69, 9.17) is 9.47 Å². The molecule has 142 valence electrons. The SMILES string of the molecule is O=S(=O)(Nc1ccc(N2CCc3ccccc32)cn1)c1ccc2c(c1)OCO2. The second-order valence-corrected chi connectivity index (χ2v) is 8.23. The van der Waals surface area contributed by atoms with Gasteiger partial charge in [-0.2, -0.15) is 0 Å². The number of hydrogen-bond donors (Lipinski definition) is 1. The average Bonchev–Trinajstić information content (AvgIpc) is 3.34. The quantitative estimate of drug-likeness (QED) is 0.730. The Hall–Kier alpha value is -3.26. The van der Waals surface area contributed by atoms with Gasteiger partial charge in [-0.15, -0.1) is 0 Å². The fraction of sp³-hybridized carbons (Fsp3) is 0.150. The number of ether oxygens (including phenoxy) is 2. The number of rotatable bonds is 4. The lowest BCUT2D eigenvalue weighted by Gasteiger charge is -2.19. The number of anilines is 3. The molecule has 2 aliphatic rings. The molecule has 0 aliphatic carbocycles. The van der Waals surface area contributed by atoms with Gasteiger partial charge in [0.1, 0.15) is 5.82 Å². The number of hydrogen-bond acceptors (Lipinski definition) is 6. The molecule has 0 saturated heterocycles. The Morgan fingerprint density at radius 3 is 2.71 bits per heavy atom. The number of aromatic nitrogens is 1. The summed E-state index contributed by atoms with van der Waals surface area (Å²) in [6.07, 6.45) is 2.66. The highest BCUT2D eigenvalue weighted by molar-refractivity contribution is 7.92. The van der Waals surface area contributed by atoms with Crippen molar-refractivity contribution in [1.82, 2.24) is 4.98 Å². The van der Waals surface area contributed by atoms with Crippen LogP contribution in [0.1, 0.15) is 5.56 Å². The van der Waals surface area contributed by atoms with Crippen molar-refractivity contribution in [2.45, 2.75) is 11.3 Å². The van der Waals surface area contributed by atoms with Crippen LogP contribution in [-0.2, 0) is 16.4 Å². The van der Waals surface area contributed by atoms with Gasteiger partial charge in [0, 0.05) is 18.3 Å². The van der Waals surface area contributed by atoms with Crippen molar-refractivity contribution in [3.63, 3.8) is 0 Å². The molecule has 5 rings (SSSR count). The van der Waals surface area contributed by atoms with E-state index < -0.39 is 10.0 Å². The largest absolute Gasteiger partial charge is 0.454 e. The molecule has 3 aromatic rings. The molecule has 28 heavy (non-hydrogen) atoms. The van der Waals surface area contributed by atoms with Crippen LogP contribution in [0.2, 0.25) is 0 Å². The maximum atomic E-state index is 12.6. The third-order valence-electron chi connectivity index (χ3n) is 4.84. The van der Waals surface area contributed by atoms with E-state index in [-0.39, 0.29) is 17.5 Å². The molecule has 2 aliphatic heterocycles. The lowest BCUT2D eigenvalue weighted by molar-refractivity contribution is 0.174. The monoisotopic (exact) mass is 395 g/mol. The van der Waals surface area contributed by atoms with Crippen LogP contribution < -0.4 is 19.1 Å². The topological polar surface area (TPSA) is 80.8 Å². The second kappa shape index (κ2) is 6.42. The first kappa shape index (κ1) is 16.9. The lowest BCUT2D eigenvalue weighted by Crippen LogP contribution is -2.15. The molecule has 7 nitrogen and oxygen atoms in total. The third-order valence-corrected chi connectivity index (χ3v) is 6.19. The molecule has 2 aromatic carbocycles. The number of benzene rings is 2. The number of nitrogens with one attached hydrogen (secondary N) is 1. The average molecular weight is 395 g/mol. The summed E-state index contributed by atoms with van der Waals surface area (Å²) in [5, 5.41) is 0. The maximum absolute atomic E-state index is 12.6. The van der Waals surface area contributed by atoms with Crippen molar-refractivity contribution in [2.75, 3.05) is 23.0 Å². The smallest absolute Gasteiger partial charge is 0.263 e. The second-order valence-electron chi connectivity index (χ2n) is 6.55. The van der Waals surface area contributed by atoms with Crippen LogP contribution in [0.25, 0.3) is 0 Å². The Balaban J connectivity index is 1.37. The molecule has 0 saturated carbocycles. The van der Waals surface area contributed by atoms with Crippen molar-refractivity contribution in [3.05, 3.63) is 66.4 Å². The Bertz CT molecular complexity index is 1150. The minimum atomic E-state index is -3.78. The fourth-order valence-corrected chi connectivity index (χ4v) is 4.48. The van der Waals surface area contributed by atoms with Crippen LogP contribution in [0.5, 0.6) is 11.5 Å². The Morgan fingerprint density at radius 1 is 1.00 bits per heavy atom. The zero-order chi connectivity index (χ0) is 19.1. The van der Waals surface area contributed by atoms with Crippen molar-refractivity contribution in [3.8, 4) is 11.5 Å². The van der Waals surface area contributed by atoms with Crippen LogP contribution in [0.4, 0.5) is 17.2 Å². The van der Waals surface area contributed by atoms with Crippen molar-refractivity contribution < 1.29 is 17.9 Å². The molecule has 0 bridgehead atoms. The Kier molecular flexibility index (Phi) is 3.87. The van der Waals surface area contributed by atoms with Crippen LogP contribution in [0, 0.1) is 0 Å². The van der Waals surface area contributed by atoms with E-state index in [1.165, 1.54) is 17.7 Å². The highest BCUT2D eigenvalue weighted by Crippen LogP contribution is 2.35. The summed E-state index contributed by atoms with van der Waals surface area (Å²) >= 11 is 0. The standard InChI is InChI=1S/C20H17N3O4S/c24-28(25,16-6-7-18-19(11-16)27-13-26-18)22-20-8-5-15(12-21-20)23-10-9-14-3-1-2-4-17(14)23/h1-8,11-12H,9-10,13H2,(H,21,22). The van der Waals surface area contributed by atoms with Gasteiger partial charge in [0.25, 0.3) is 10.0 Å². The van der Waals surface area contributed by atoms with Gasteiger partial charge in [0.2, 0.25) is 6.79 Å². The van der Waals surface area contributed by atoms with E-state index in [1.54, 1.807) is 18.3 Å². The summed E-state index contributed by atoms with van der Waals surface area (Å²) in [7, 11) is -3.78. The predicted octanol–water partition coefficient (Wildman–Crippen LogP) is 3.31. The molecular weight excluding hydrogens is 378 g/mol. The van der Waals surface area contributed by atoms with Crippen LogP contribution in [-0.4, -0.2) is 26.7 Å². The van der Waals surface area contributed by atoms with Gasteiger partial charge >= 0.3 is 0 Å². The molecule has 0 unspecified atom stereocenters. The molecule has 8 heteroatoms. The first-order valence-corrected chi connectivity index (χ1v) is 10.3. The fourth-order valence-electron chi connectivity index (χ4n) is 3.45. The van der Waals surface area contributed by atoms with Crippen molar-refractivity contribution in [1.29, 1.82) is 0 Å². The summed E-state index contributed by atoms with van der Waals surface area (Å²) in [6.45, 7) is 0.970. The molecule has 0 fully saturated rings. The van der Waals surface area contributed by atoms with Gasteiger partial charge in [0.15, 0.2) is 11.5 Å². The normalized spacial score (nSPS) is 14.8. The van der Waals surface area contributed by atoms with Crippen LogP contribution in [0.3, 0.4) is 0 Å². The first-order valence-electron chi connectivity index (χ1n) is 8.84. The molecule has 1 N–H and O–H groups in total. The van der Waals surface area contributed by atoms with Gasteiger partial charge in [-0.05, 0) is 42.3 Å². The molecular formula is C20H17N3O4S.